The molecule has 0 saturated heterocycles. The Balaban J connectivity index is 2.28. The summed E-state index contributed by atoms with van der Waals surface area (Å²) in [6, 6.07) is 2.87. The van der Waals surface area contributed by atoms with Crippen molar-refractivity contribution in [3.63, 3.8) is 0 Å². The van der Waals surface area contributed by atoms with Crippen LogP contribution in [0.25, 0.3) is 0 Å². The van der Waals surface area contributed by atoms with E-state index in [1.54, 1.807) is 0 Å². The van der Waals surface area contributed by atoms with Gasteiger partial charge in [0.15, 0.2) is 0 Å². The minimum Gasteiger partial charge on any atom is -0.465 e. The summed E-state index contributed by atoms with van der Waals surface area (Å²) < 4.78 is 0. The molecule has 1 aliphatic rings. The van der Waals surface area contributed by atoms with E-state index in [-0.39, 0.29) is 23.4 Å². The van der Waals surface area contributed by atoms with Crippen LogP contribution in [-0.4, -0.2) is 33.7 Å². The van der Waals surface area contributed by atoms with E-state index in [9.17, 15) is 20.0 Å². The average molecular weight is 308 g/mol. The number of carboxylic acid groups (broad SMARTS) is 1. The highest BCUT2D eigenvalue weighted by Crippen LogP contribution is 2.30. The maximum absolute atomic E-state index is 11.4. The number of nitrogens with one attached hydrogen (secondary N) is 1. The number of aromatic nitrogens is 1. The number of hydrogen-bond acceptors (Lipinski definition) is 5. The van der Waals surface area contributed by atoms with Crippen molar-refractivity contribution in [1.29, 1.82) is 0 Å². The van der Waals surface area contributed by atoms with Gasteiger partial charge in [-0.05, 0) is 31.7 Å². The van der Waals surface area contributed by atoms with Gasteiger partial charge in [-0.15, -0.1) is 0 Å². The maximum atomic E-state index is 11.4. The molecule has 2 rings (SSSR count). The molecular formula is C14H20N4O4. The van der Waals surface area contributed by atoms with Gasteiger partial charge in [0.1, 0.15) is 5.82 Å². The molecule has 0 bridgehead atoms. The molecule has 1 aromatic heterocycles. The van der Waals surface area contributed by atoms with Gasteiger partial charge in [0.2, 0.25) is 5.82 Å². The number of carbonyl (C=O) groups is 1. The van der Waals surface area contributed by atoms with Gasteiger partial charge in [0, 0.05) is 18.7 Å². The summed E-state index contributed by atoms with van der Waals surface area (Å²) in [5, 5.41) is 23.4. The molecular weight excluding hydrogens is 288 g/mol. The molecule has 1 aliphatic carbocycles. The number of pyridine rings is 1. The van der Waals surface area contributed by atoms with Crippen molar-refractivity contribution in [1.82, 2.24) is 4.98 Å². The summed E-state index contributed by atoms with van der Waals surface area (Å²) in [5.41, 5.74) is -0.128. The molecule has 1 saturated carbocycles. The molecule has 0 unspecified atom stereocenters. The number of nitro groups is 1. The summed E-state index contributed by atoms with van der Waals surface area (Å²) in [5.74, 6) is 0.364. The minimum absolute atomic E-state index is 0.128. The molecule has 120 valence electrons. The van der Waals surface area contributed by atoms with Gasteiger partial charge >= 0.3 is 11.8 Å². The van der Waals surface area contributed by atoms with Crippen LogP contribution in [0, 0.1) is 10.1 Å². The molecule has 1 heterocycles. The van der Waals surface area contributed by atoms with Gasteiger partial charge in [0.05, 0.1) is 4.92 Å². The van der Waals surface area contributed by atoms with Crippen LogP contribution in [-0.2, 0) is 0 Å². The Kier molecular flexibility index (Phi) is 5.13. The van der Waals surface area contributed by atoms with Crippen LogP contribution >= 0.6 is 0 Å². The second kappa shape index (κ2) is 7.06. The van der Waals surface area contributed by atoms with Crippen molar-refractivity contribution in [2.24, 2.45) is 0 Å². The lowest BCUT2D eigenvalue weighted by atomic mass is 9.93. The first kappa shape index (κ1) is 16.0. The highest BCUT2D eigenvalue weighted by atomic mass is 16.6. The number of amides is 1. The van der Waals surface area contributed by atoms with Crippen LogP contribution in [0.1, 0.15) is 39.0 Å². The Morgan fingerprint density at radius 2 is 2.27 bits per heavy atom. The molecule has 8 nitrogen and oxygen atoms in total. The quantitative estimate of drug-likeness (QED) is 0.591. The lowest BCUT2D eigenvalue weighted by Crippen LogP contribution is -2.32. The lowest BCUT2D eigenvalue weighted by molar-refractivity contribution is -0.384. The van der Waals surface area contributed by atoms with Crippen LogP contribution in [0.2, 0.25) is 0 Å². The number of nitrogens with zero attached hydrogens (tertiary/aromatic N) is 3. The second-order valence-electron chi connectivity index (χ2n) is 5.35. The molecule has 0 atom stereocenters. The largest absolute Gasteiger partial charge is 0.465 e. The van der Waals surface area contributed by atoms with Gasteiger partial charge in [-0.1, -0.05) is 13.3 Å². The average Bonchev–Trinajstić information content (AvgIpc) is 2.43. The van der Waals surface area contributed by atoms with E-state index >= 15 is 0 Å². The van der Waals surface area contributed by atoms with Crippen LogP contribution in [0.15, 0.2) is 12.1 Å². The number of anilines is 2. The SMILES string of the molecule is CCCCN(C(=O)O)c1ccc([N+](=O)[O-])c(NC2CCC2)n1. The zero-order valence-electron chi connectivity index (χ0n) is 12.5. The first-order valence-electron chi connectivity index (χ1n) is 7.45. The number of hydrogen-bond donors (Lipinski definition) is 2. The van der Waals surface area contributed by atoms with Gasteiger partial charge in [-0.2, -0.15) is 0 Å². The van der Waals surface area contributed by atoms with Crippen LogP contribution in [0.5, 0.6) is 0 Å². The van der Waals surface area contributed by atoms with Crippen LogP contribution in [0.4, 0.5) is 22.1 Å². The van der Waals surface area contributed by atoms with Crippen molar-refractivity contribution in [3.8, 4) is 0 Å². The highest BCUT2D eigenvalue weighted by Gasteiger charge is 2.25. The molecule has 0 aromatic carbocycles. The Morgan fingerprint density at radius 3 is 2.77 bits per heavy atom. The highest BCUT2D eigenvalue weighted by molar-refractivity contribution is 5.85. The maximum Gasteiger partial charge on any atom is 0.413 e. The fourth-order valence-corrected chi connectivity index (χ4v) is 2.22. The minimum atomic E-state index is -1.11. The van der Waals surface area contributed by atoms with E-state index in [2.05, 4.69) is 10.3 Å². The number of unbranched alkanes of at least 4 members (excludes halogenated alkanes) is 1. The van der Waals surface area contributed by atoms with E-state index in [0.717, 1.165) is 30.6 Å². The Bertz CT molecular complexity index is 560. The predicted molar refractivity (Wildman–Crippen MR) is 82.4 cm³/mol. The molecule has 1 fully saturated rings. The summed E-state index contributed by atoms with van der Waals surface area (Å²) >= 11 is 0. The molecule has 0 aliphatic heterocycles. The smallest absolute Gasteiger partial charge is 0.413 e. The lowest BCUT2D eigenvalue weighted by Gasteiger charge is -2.27. The molecule has 1 amide bonds. The van der Waals surface area contributed by atoms with E-state index in [1.165, 1.54) is 12.1 Å². The van der Waals surface area contributed by atoms with Crippen molar-refractivity contribution in [3.05, 3.63) is 22.2 Å². The third-order valence-electron chi connectivity index (χ3n) is 3.74. The molecule has 0 spiro atoms. The summed E-state index contributed by atoms with van der Waals surface area (Å²) in [4.78, 5) is 27.3. The van der Waals surface area contributed by atoms with Gasteiger partial charge in [-0.3, -0.25) is 15.0 Å². The molecule has 8 heteroatoms. The fraction of sp³-hybridized carbons (Fsp3) is 0.571. The van der Waals surface area contributed by atoms with E-state index in [0.29, 0.717) is 13.0 Å². The van der Waals surface area contributed by atoms with E-state index in [4.69, 9.17) is 0 Å². The van der Waals surface area contributed by atoms with Gasteiger partial charge in [0.25, 0.3) is 0 Å². The Hall–Kier alpha value is -2.38. The van der Waals surface area contributed by atoms with E-state index < -0.39 is 11.0 Å². The van der Waals surface area contributed by atoms with Gasteiger partial charge in [-0.25, -0.2) is 9.78 Å². The molecule has 1 aromatic rings. The Labute approximate surface area is 128 Å². The monoisotopic (exact) mass is 308 g/mol. The zero-order valence-corrected chi connectivity index (χ0v) is 12.5. The van der Waals surface area contributed by atoms with Crippen molar-refractivity contribution < 1.29 is 14.8 Å². The third kappa shape index (κ3) is 3.63. The van der Waals surface area contributed by atoms with E-state index in [1.807, 2.05) is 6.92 Å². The second-order valence-corrected chi connectivity index (χ2v) is 5.35. The third-order valence-corrected chi connectivity index (χ3v) is 3.74. The molecule has 0 radical (unpaired) electrons. The Morgan fingerprint density at radius 1 is 1.55 bits per heavy atom. The van der Waals surface area contributed by atoms with Crippen molar-refractivity contribution >= 4 is 23.4 Å². The summed E-state index contributed by atoms with van der Waals surface area (Å²) in [7, 11) is 0. The predicted octanol–water partition coefficient (Wildman–Crippen LogP) is 3.24. The summed E-state index contributed by atoms with van der Waals surface area (Å²) in [6.45, 7) is 2.28. The van der Waals surface area contributed by atoms with Crippen LogP contribution in [0.3, 0.4) is 0 Å². The van der Waals surface area contributed by atoms with Crippen LogP contribution < -0.4 is 10.2 Å². The van der Waals surface area contributed by atoms with Crippen molar-refractivity contribution in [2.75, 3.05) is 16.8 Å². The topological polar surface area (TPSA) is 109 Å². The normalized spacial score (nSPS) is 14.2. The first-order chi connectivity index (χ1) is 10.5. The first-order valence-corrected chi connectivity index (χ1v) is 7.45. The van der Waals surface area contributed by atoms with Crippen molar-refractivity contribution in [2.45, 2.75) is 45.1 Å². The fourth-order valence-electron chi connectivity index (χ4n) is 2.22. The summed E-state index contributed by atoms with van der Waals surface area (Å²) in [6.07, 6.45) is 3.43. The number of rotatable bonds is 7. The standard InChI is InChI=1S/C14H20N4O4/c1-2-3-9-17(14(19)20)12-8-7-11(18(21)22)13(16-12)15-10-5-4-6-10/h7-8,10H,2-6,9H2,1H3,(H,15,16)(H,19,20). The molecule has 22 heavy (non-hydrogen) atoms. The molecule has 2 N–H and O–H groups in total. The van der Waals surface area contributed by atoms with Gasteiger partial charge < -0.3 is 10.4 Å². The zero-order chi connectivity index (χ0) is 16.1.